The fraction of sp³-hybridized carbons (Fsp3) is 0.375. The molecular formula is C16H22N4O3. The SMILES string of the molecule is COc1nn(C)cc1C(=O)NC[C@@H](O)c1ccc(N(C)C)cc1. The van der Waals surface area contributed by atoms with Crippen molar-refractivity contribution in [3.63, 3.8) is 0 Å². The summed E-state index contributed by atoms with van der Waals surface area (Å²) in [5.41, 5.74) is 2.13. The molecule has 1 heterocycles. The number of methoxy groups -OCH3 is 1. The van der Waals surface area contributed by atoms with Crippen LogP contribution in [0.2, 0.25) is 0 Å². The third-order valence-electron chi connectivity index (χ3n) is 3.48. The van der Waals surface area contributed by atoms with Crippen molar-refractivity contribution in [1.82, 2.24) is 15.1 Å². The van der Waals surface area contributed by atoms with Crippen molar-refractivity contribution >= 4 is 11.6 Å². The third kappa shape index (κ3) is 4.01. The van der Waals surface area contributed by atoms with Crippen molar-refractivity contribution in [1.29, 1.82) is 0 Å². The van der Waals surface area contributed by atoms with Gasteiger partial charge in [0.1, 0.15) is 5.56 Å². The molecule has 1 aromatic heterocycles. The Balaban J connectivity index is 1.98. The van der Waals surface area contributed by atoms with Crippen molar-refractivity contribution in [3.8, 4) is 5.88 Å². The molecule has 2 N–H and O–H groups in total. The molecule has 2 rings (SSSR count). The molecule has 0 radical (unpaired) electrons. The molecule has 0 aliphatic carbocycles. The maximum Gasteiger partial charge on any atom is 0.258 e. The van der Waals surface area contributed by atoms with Crippen LogP contribution >= 0.6 is 0 Å². The van der Waals surface area contributed by atoms with Gasteiger partial charge in [0.25, 0.3) is 5.91 Å². The third-order valence-corrected chi connectivity index (χ3v) is 3.48. The van der Waals surface area contributed by atoms with E-state index in [0.717, 1.165) is 11.3 Å². The summed E-state index contributed by atoms with van der Waals surface area (Å²) in [5, 5.41) is 16.9. The summed E-state index contributed by atoms with van der Waals surface area (Å²) in [6.45, 7) is 0.109. The van der Waals surface area contributed by atoms with Gasteiger partial charge in [0.2, 0.25) is 5.88 Å². The number of amides is 1. The Morgan fingerprint density at radius 3 is 2.61 bits per heavy atom. The molecule has 2 aromatic rings. The van der Waals surface area contributed by atoms with E-state index < -0.39 is 6.10 Å². The van der Waals surface area contributed by atoms with Gasteiger partial charge >= 0.3 is 0 Å². The fourth-order valence-corrected chi connectivity index (χ4v) is 2.17. The second kappa shape index (κ2) is 7.15. The molecule has 7 heteroatoms. The van der Waals surface area contributed by atoms with Gasteiger partial charge in [-0.3, -0.25) is 9.48 Å². The van der Waals surface area contributed by atoms with Gasteiger partial charge in [-0.2, -0.15) is 0 Å². The van der Waals surface area contributed by atoms with Crippen LogP contribution < -0.4 is 15.0 Å². The molecule has 124 valence electrons. The van der Waals surface area contributed by atoms with Crippen molar-refractivity contribution in [2.45, 2.75) is 6.10 Å². The summed E-state index contributed by atoms with van der Waals surface area (Å²) < 4.78 is 6.56. The molecule has 1 amide bonds. The molecule has 0 fully saturated rings. The van der Waals surface area contributed by atoms with E-state index in [-0.39, 0.29) is 18.3 Å². The lowest BCUT2D eigenvalue weighted by Gasteiger charge is -2.15. The first-order valence-electron chi connectivity index (χ1n) is 7.23. The summed E-state index contributed by atoms with van der Waals surface area (Å²) in [4.78, 5) is 14.1. The Morgan fingerprint density at radius 2 is 2.04 bits per heavy atom. The number of benzene rings is 1. The molecule has 0 saturated heterocycles. The van der Waals surface area contributed by atoms with Crippen molar-refractivity contribution in [2.24, 2.45) is 7.05 Å². The zero-order chi connectivity index (χ0) is 17.0. The van der Waals surface area contributed by atoms with Crippen LogP contribution in [-0.2, 0) is 7.05 Å². The van der Waals surface area contributed by atoms with Crippen molar-refractivity contribution in [3.05, 3.63) is 41.6 Å². The maximum atomic E-state index is 12.2. The quantitative estimate of drug-likeness (QED) is 0.829. The van der Waals surface area contributed by atoms with Gasteiger partial charge in [-0.05, 0) is 17.7 Å². The van der Waals surface area contributed by atoms with E-state index in [2.05, 4.69) is 10.4 Å². The molecule has 23 heavy (non-hydrogen) atoms. The van der Waals surface area contributed by atoms with Gasteiger partial charge in [0.15, 0.2) is 0 Å². The lowest BCUT2D eigenvalue weighted by molar-refractivity contribution is 0.0913. The van der Waals surface area contributed by atoms with Gasteiger partial charge in [0, 0.05) is 39.6 Å². The first kappa shape index (κ1) is 16.8. The minimum Gasteiger partial charge on any atom is -0.479 e. The van der Waals surface area contributed by atoms with Crippen LogP contribution in [-0.4, -0.2) is 48.5 Å². The van der Waals surface area contributed by atoms with Crippen LogP contribution in [0.15, 0.2) is 30.5 Å². The molecule has 0 bridgehead atoms. The number of carbonyl (C=O) groups excluding carboxylic acids is 1. The second-order valence-electron chi connectivity index (χ2n) is 5.44. The van der Waals surface area contributed by atoms with Crippen LogP contribution in [0, 0.1) is 0 Å². The Kier molecular flexibility index (Phi) is 5.23. The average Bonchev–Trinajstić information content (AvgIpc) is 2.93. The zero-order valence-electron chi connectivity index (χ0n) is 13.8. The van der Waals surface area contributed by atoms with Gasteiger partial charge in [-0.25, -0.2) is 0 Å². The molecule has 0 saturated carbocycles. The van der Waals surface area contributed by atoms with Crippen LogP contribution in [0.25, 0.3) is 0 Å². The molecule has 1 aromatic carbocycles. The number of nitrogens with zero attached hydrogens (tertiary/aromatic N) is 3. The smallest absolute Gasteiger partial charge is 0.258 e. The normalized spacial score (nSPS) is 11.9. The van der Waals surface area contributed by atoms with Crippen molar-refractivity contribution in [2.75, 3.05) is 32.6 Å². The van der Waals surface area contributed by atoms with Crippen LogP contribution in [0.3, 0.4) is 0 Å². The molecule has 0 unspecified atom stereocenters. The minimum absolute atomic E-state index is 0.109. The Labute approximate surface area is 135 Å². The van der Waals surface area contributed by atoms with E-state index in [1.807, 2.05) is 43.3 Å². The Hall–Kier alpha value is -2.54. The number of ether oxygens (including phenoxy) is 1. The monoisotopic (exact) mass is 318 g/mol. The molecule has 0 aliphatic heterocycles. The van der Waals surface area contributed by atoms with Crippen molar-refractivity contribution < 1.29 is 14.6 Å². The highest BCUT2D eigenvalue weighted by molar-refractivity contribution is 5.96. The van der Waals surface area contributed by atoms with Gasteiger partial charge in [0.05, 0.1) is 13.2 Å². The largest absolute Gasteiger partial charge is 0.479 e. The number of nitrogens with one attached hydrogen (secondary N) is 1. The van der Waals surface area contributed by atoms with Crippen LogP contribution in [0.1, 0.15) is 22.0 Å². The Morgan fingerprint density at radius 1 is 1.39 bits per heavy atom. The molecule has 1 atom stereocenters. The zero-order valence-corrected chi connectivity index (χ0v) is 13.8. The number of rotatable bonds is 6. The number of anilines is 1. The number of hydrogen-bond donors (Lipinski definition) is 2. The number of aliphatic hydroxyl groups is 1. The number of hydrogen-bond acceptors (Lipinski definition) is 5. The van der Waals surface area contributed by atoms with Crippen LogP contribution in [0.4, 0.5) is 5.69 Å². The average molecular weight is 318 g/mol. The van der Waals surface area contributed by atoms with E-state index >= 15 is 0 Å². The van der Waals surface area contributed by atoms with E-state index in [1.54, 1.807) is 13.2 Å². The molecule has 0 spiro atoms. The summed E-state index contributed by atoms with van der Waals surface area (Å²) in [7, 11) is 7.07. The Bertz CT molecular complexity index is 664. The number of carbonyl (C=O) groups is 1. The lowest BCUT2D eigenvalue weighted by atomic mass is 10.1. The van der Waals surface area contributed by atoms with Crippen LogP contribution in [0.5, 0.6) is 5.88 Å². The standard InChI is InChI=1S/C16H22N4O3/c1-19(2)12-7-5-11(6-8-12)14(21)9-17-15(22)13-10-20(3)18-16(13)23-4/h5-8,10,14,21H,9H2,1-4H3,(H,17,22)/t14-/m1/s1. The maximum absolute atomic E-state index is 12.2. The highest BCUT2D eigenvalue weighted by atomic mass is 16.5. The van der Waals surface area contributed by atoms with Gasteiger partial charge < -0.3 is 20.1 Å². The lowest BCUT2D eigenvalue weighted by Crippen LogP contribution is -2.28. The summed E-state index contributed by atoms with van der Waals surface area (Å²) in [6.07, 6.45) is 0.796. The van der Waals surface area contributed by atoms with E-state index in [9.17, 15) is 9.90 Å². The summed E-state index contributed by atoms with van der Waals surface area (Å²) >= 11 is 0. The second-order valence-corrected chi connectivity index (χ2v) is 5.44. The topological polar surface area (TPSA) is 79.6 Å². The van der Waals surface area contributed by atoms with E-state index in [0.29, 0.717) is 5.56 Å². The first-order chi connectivity index (χ1) is 10.9. The van der Waals surface area contributed by atoms with E-state index in [1.165, 1.54) is 11.8 Å². The molecule has 7 nitrogen and oxygen atoms in total. The summed E-state index contributed by atoms with van der Waals surface area (Å²) in [6, 6.07) is 7.53. The number of aromatic nitrogens is 2. The highest BCUT2D eigenvalue weighted by Gasteiger charge is 2.17. The fourth-order valence-electron chi connectivity index (χ4n) is 2.17. The number of aryl methyl sites for hydroxylation is 1. The van der Waals surface area contributed by atoms with Gasteiger partial charge in [-0.15, -0.1) is 5.10 Å². The van der Waals surface area contributed by atoms with Gasteiger partial charge in [-0.1, -0.05) is 12.1 Å². The van der Waals surface area contributed by atoms with E-state index in [4.69, 9.17) is 4.74 Å². The molecule has 0 aliphatic rings. The summed E-state index contributed by atoms with van der Waals surface area (Å²) in [5.74, 6) is -0.0752. The highest BCUT2D eigenvalue weighted by Crippen LogP contribution is 2.18. The predicted molar refractivity (Wildman–Crippen MR) is 87.8 cm³/mol. The molecular weight excluding hydrogens is 296 g/mol. The predicted octanol–water partition coefficient (Wildman–Crippen LogP) is 0.958. The first-order valence-corrected chi connectivity index (χ1v) is 7.23. The number of aliphatic hydroxyl groups excluding tert-OH is 1. The minimum atomic E-state index is -0.780.